The van der Waals surface area contributed by atoms with Crippen LogP contribution >= 0.6 is 11.8 Å². The van der Waals surface area contributed by atoms with Gasteiger partial charge in [-0.1, -0.05) is 5.16 Å². The third-order valence-electron chi connectivity index (χ3n) is 4.28. The Hall–Kier alpha value is -1.71. The Morgan fingerprint density at radius 3 is 2.69 bits per heavy atom. The summed E-state index contributed by atoms with van der Waals surface area (Å²) >= 11 is 1.58. The molecule has 0 spiro atoms. The summed E-state index contributed by atoms with van der Waals surface area (Å²) in [5.41, 5.74) is 0. The van der Waals surface area contributed by atoms with Crippen molar-refractivity contribution >= 4 is 23.6 Å². The van der Waals surface area contributed by atoms with E-state index in [9.17, 15) is 18.4 Å². The van der Waals surface area contributed by atoms with Gasteiger partial charge < -0.3 is 15.2 Å². The quantitative estimate of drug-likeness (QED) is 0.707. The standard InChI is InChI=1S/C16H24F2N4O3S/c1-10(23)20-12(5-8-26-2)15(24)19-9-13-21-14(22-25-13)11-3-6-16(17,18)7-4-11/h11-12H,3-9H2,1-2H3,(H,19,24)(H,20,23). The van der Waals surface area contributed by atoms with Crippen LogP contribution in [0.1, 0.15) is 56.7 Å². The number of rotatable bonds is 8. The van der Waals surface area contributed by atoms with E-state index in [2.05, 4.69) is 20.8 Å². The molecule has 0 bridgehead atoms. The Morgan fingerprint density at radius 2 is 2.08 bits per heavy atom. The molecular weight excluding hydrogens is 366 g/mol. The molecule has 0 aliphatic heterocycles. The van der Waals surface area contributed by atoms with Gasteiger partial charge in [0.05, 0.1) is 6.54 Å². The average Bonchev–Trinajstić information content (AvgIpc) is 3.05. The summed E-state index contributed by atoms with van der Waals surface area (Å²) in [5, 5.41) is 9.13. The molecular formula is C16H24F2N4O3S. The summed E-state index contributed by atoms with van der Waals surface area (Å²) in [4.78, 5) is 27.7. The summed E-state index contributed by atoms with van der Waals surface area (Å²) in [5.74, 6) is -1.99. The van der Waals surface area contributed by atoms with Crippen molar-refractivity contribution in [3.8, 4) is 0 Å². The first-order valence-electron chi connectivity index (χ1n) is 8.55. The maximum Gasteiger partial charge on any atom is 0.248 e. The van der Waals surface area contributed by atoms with E-state index in [0.29, 0.717) is 25.1 Å². The number of halogens is 2. The highest BCUT2D eigenvalue weighted by Gasteiger charge is 2.37. The van der Waals surface area contributed by atoms with Crippen molar-refractivity contribution in [2.45, 2.75) is 63.5 Å². The lowest BCUT2D eigenvalue weighted by molar-refractivity contribution is -0.128. The van der Waals surface area contributed by atoms with E-state index < -0.39 is 12.0 Å². The molecule has 1 fully saturated rings. The Kier molecular flexibility index (Phi) is 7.36. The number of alkyl halides is 2. The molecule has 1 aliphatic rings. The summed E-state index contributed by atoms with van der Waals surface area (Å²) < 4.78 is 31.5. The van der Waals surface area contributed by atoms with Crippen LogP contribution in [0.25, 0.3) is 0 Å². The predicted molar refractivity (Wildman–Crippen MR) is 92.9 cm³/mol. The second-order valence-electron chi connectivity index (χ2n) is 6.43. The number of thioether (sulfide) groups is 1. The Morgan fingerprint density at radius 1 is 1.38 bits per heavy atom. The number of carbonyl (C=O) groups excluding carboxylic acids is 2. The molecule has 26 heavy (non-hydrogen) atoms. The van der Waals surface area contributed by atoms with Crippen molar-refractivity contribution in [2.75, 3.05) is 12.0 Å². The van der Waals surface area contributed by atoms with Gasteiger partial charge in [0.2, 0.25) is 23.6 Å². The van der Waals surface area contributed by atoms with Crippen LogP contribution in [0.5, 0.6) is 0 Å². The van der Waals surface area contributed by atoms with Crippen LogP contribution in [0, 0.1) is 0 Å². The highest BCUT2D eigenvalue weighted by atomic mass is 32.2. The molecule has 2 rings (SSSR count). The molecule has 0 aromatic carbocycles. The third kappa shape index (κ3) is 6.22. The van der Waals surface area contributed by atoms with Gasteiger partial charge in [-0.15, -0.1) is 0 Å². The third-order valence-corrected chi connectivity index (χ3v) is 4.93. The number of aromatic nitrogens is 2. The van der Waals surface area contributed by atoms with E-state index >= 15 is 0 Å². The molecule has 10 heteroatoms. The molecule has 146 valence electrons. The lowest BCUT2D eigenvalue weighted by Crippen LogP contribution is -2.46. The predicted octanol–water partition coefficient (Wildman–Crippen LogP) is 2.24. The van der Waals surface area contributed by atoms with Gasteiger partial charge in [-0.2, -0.15) is 16.7 Å². The van der Waals surface area contributed by atoms with Gasteiger partial charge in [-0.05, 0) is 31.3 Å². The molecule has 2 amide bonds. The second-order valence-corrected chi connectivity index (χ2v) is 7.41. The van der Waals surface area contributed by atoms with Crippen LogP contribution in [-0.2, 0) is 16.1 Å². The molecule has 1 aromatic heterocycles. The number of nitrogens with zero attached hydrogens (tertiary/aromatic N) is 2. The summed E-state index contributed by atoms with van der Waals surface area (Å²) in [6.07, 6.45) is 2.72. The van der Waals surface area contributed by atoms with Gasteiger partial charge >= 0.3 is 0 Å². The van der Waals surface area contributed by atoms with Crippen LogP contribution in [0.15, 0.2) is 4.52 Å². The first-order valence-corrected chi connectivity index (χ1v) is 9.94. The Labute approximate surface area is 155 Å². The first kappa shape index (κ1) is 20.6. The van der Waals surface area contributed by atoms with Gasteiger partial charge in [-0.25, -0.2) is 8.78 Å². The highest BCUT2D eigenvalue weighted by Crippen LogP contribution is 2.39. The number of hydrogen-bond acceptors (Lipinski definition) is 6. The largest absolute Gasteiger partial charge is 0.345 e. The number of carbonyl (C=O) groups is 2. The van der Waals surface area contributed by atoms with Crippen LogP contribution in [-0.4, -0.2) is 45.9 Å². The lowest BCUT2D eigenvalue weighted by atomic mass is 9.86. The topological polar surface area (TPSA) is 97.1 Å². The van der Waals surface area contributed by atoms with Crippen LogP contribution < -0.4 is 10.6 Å². The molecule has 1 aliphatic carbocycles. The summed E-state index contributed by atoms with van der Waals surface area (Å²) in [6, 6.07) is -0.622. The molecule has 1 aromatic rings. The van der Waals surface area contributed by atoms with Crippen molar-refractivity contribution in [2.24, 2.45) is 0 Å². The lowest BCUT2D eigenvalue weighted by Gasteiger charge is -2.26. The van der Waals surface area contributed by atoms with Crippen LogP contribution in [0.3, 0.4) is 0 Å². The zero-order valence-corrected chi connectivity index (χ0v) is 15.7. The minimum absolute atomic E-state index is 0.0318. The molecule has 1 heterocycles. The van der Waals surface area contributed by atoms with Crippen LogP contribution in [0.4, 0.5) is 8.78 Å². The number of hydrogen-bond donors (Lipinski definition) is 2. The van der Waals surface area contributed by atoms with Crippen molar-refractivity contribution in [1.82, 2.24) is 20.8 Å². The van der Waals surface area contributed by atoms with Crippen molar-refractivity contribution in [1.29, 1.82) is 0 Å². The van der Waals surface area contributed by atoms with E-state index in [1.54, 1.807) is 11.8 Å². The van der Waals surface area contributed by atoms with Gasteiger partial charge in [0.15, 0.2) is 5.82 Å². The molecule has 1 unspecified atom stereocenters. The zero-order chi connectivity index (χ0) is 19.2. The molecule has 2 N–H and O–H groups in total. The van der Waals surface area contributed by atoms with Crippen molar-refractivity contribution in [3.63, 3.8) is 0 Å². The van der Waals surface area contributed by atoms with Gasteiger partial charge in [0.1, 0.15) is 6.04 Å². The Bertz CT molecular complexity index is 616. The molecule has 1 saturated carbocycles. The monoisotopic (exact) mass is 390 g/mol. The van der Waals surface area contributed by atoms with E-state index in [1.165, 1.54) is 6.92 Å². The van der Waals surface area contributed by atoms with E-state index in [0.717, 1.165) is 5.75 Å². The summed E-state index contributed by atoms with van der Waals surface area (Å²) in [7, 11) is 0. The van der Waals surface area contributed by atoms with Crippen molar-refractivity contribution < 1.29 is 22.9 Å². The zero-order valence-electron chi connectivity index (χ0n) is 14.9. The number of nitrogens with one attached hydrogen (secondary N) is 2. The fourth-order valence-corrected chi connectivity index (χ4v) is 3.31. The smallest absolute Gasteiger partial charge is 0.248 e. The molecule has 0 saturated heterocycles. The van der Waals surface area contributed by atoms with E-state index in [4.69, 9.17) is 4.52 Å². The molecule has 1 atom stereocenters. The van der Waals surface area contributed by atoms with E-state index in [-0.39, 0.29) is 43.0 Å². The van der Waals surface area contributed by atoms with Gasteiger partial charge in [-0.3, -0.25) is 9.59 Å². The van der Waals surface area contributed by atoms with E-state index in [1.807, 2.05) is 6.26 Å². The number of amides is 2. The molecule has 0 radical (unpaired) electrons. The van der Waals surface area contributed by atoms with Gasteiger partial charge in [0.25, 0.3) is 0 Å². The highest BCUT2D eigenvalue weighted by molar-refractivity contribution is 7.98. The van der Waals surface area contributed by atoms with Gasteiger partial charge in [0, 0.05) is 25.7 Å². The second kappa shape index (κ2) is 9.29. The van der Waals surface area contributed by atoms with Crippen molar-refractivity contribution in [3.05, 3.63) is 11.7 Å². The maximum atomic E-state index is 13.2. The average molecular weight is 390 g/mol. The van der Waals surface area contributed by atoms with Crippen LogP contribution in [0.2, 0.25) is 0 Å². The normalized spacial score (nSPS) is 18.3. The fraction of sp³-hybridized carbons (Fsp3) is 0.750. The fourth-order valence-electron chi connectivity index (χ4n) is 2.84. The SMILES string of the molecule is CSCCC(NC(C)=O)C(=O)NCc1nc(C2CCC(F)(F)CC2)no1. The maximum absolute atomic E-state index is 13.2. The minimum atomic E-state index is -2.60. The Balaban J connectivity index is 1.86. The molecule has 7 nitrogen and oxygen atoms in total. The summed E-state index contributed by atoms with van der Waals surface area (Å²) in [6.45, 7) is 1.39. The first-order chi connectivity index (χ1) is 12.3. The minimum Gasteiger partial charge on any atom is -0.345 e.